The second-order valence-corrected chi connectivity index (χ2v) is 2.59. The van der Waals surface area contributed by atoms with E-state index in [1.807, 2.05) is 0 Å². The minimum Gasteiger partial charge on any atom is -0.390 e. The molecule has 4 heteroatoms. The van der Waals surface area contributed by atoms with E-state index in [-0.39, 0.29) is 6.42 Å². The molecule has 4 nitrogen and oxygen atoms in total. The average molecular weight is 148 g/mol. The summed E-state index contributed by atoms with van der Waals surface area (Å²) in [6.07, 6.45) is -3.07. The zero-order valence-corrected chi connectivity index (χ0v) is 5.77. The van der Waals surface area contributed by atoms with Crippen LogP contribution in [0.15, 0.2) is 0 Å². The molecule has 0 spiro atoms. The second kappa shape index (κ2) is 2.84. The Labute approximate surface area is 59.1 Å². The molecule has 10 heavy (non-hydrogen) atoms. The first-order valence-corrected chi connectivity index (χ1v) is 3.31. The Kier molecular flexibility index (Phi) is 2.25. The molecule has 0 bridgehead atoms. The van der Waals surface area contributed by atoms with Crippen molar-refractivity contribution in [1.29, 1.82) is 0 Å². The van der Waals surface area contributed by atoms with Gasteiger partial charge in [0.2, 0.25) is 0 Å². The maximum atomic E-state index is 9.08. The van der Waals surface area contributed by atoms with Gasteiger partial charge in [0.05, 0.1) is 12.2 Å². The Morgan fingerprint density at radius 3 is 2.40 bits per heavy atom. The van der Waals surface area contributed by atoms with Crippen LogP contribution < -0.4 is 0 Å². The predicted molar refractivity (Wildman–Crippen MR) is 33.2 cm³/mol. The fourth-order valence-corrected chi connectivity index (χ4v) is 1.04. The number of ether oxygens (including phenoxy) is 1. The number of aliphatic hydroxyl groups excluding tert-OH is 3. The Balaban J connectivity index is 2.49. The van der Waals surface area contributed by atoms with E-state index in [0.717, 1.165) is 0 Å². The van der Waals surface area contributed by atoms with Gasteiger partial charge in [-0.2, -0.15) is 0 Å². The summed E-state index contributed by atoms with van der Waals surface area (Å²) in [6, 6.07) is 0. The summed E-state index contributed by atoms with van der Waals surface area (Å²) in [6.45, 7) is 1.61. The highest BCUT2D eigenvalue weighted by atomic mass is 16.6. The van der Waals surface area contributed by atoms with Crippen molar-refractivity contribution >= 4 is 0 Å². The first kappa shape index (κ1) is 7.94. The van der Waals surface area contributed by atoms with Crippen LogP contribution in [0.5, 0.6) is 0 Å². The molecule has 0 aromatic heterocycles. The summed E-state index contributed by atoms with van der Waals surface area (Å²) >= 11 is 0. The van der Waals surface area contributed by atoms with Gasteiger partial charge in [0.25, 0.3) is 0 Å². The van der Waals surface area contributed by atoms with E-state index in [1.54, 1.807) is 6.92 Å². The molecule has 1 heterocycles. The van der Waals surface area contributed by atoms with Crippen LogP contribution in [0.3, 0.4) is 0 Å². The van der Waals surface area contributed by atoms with E-state index in [4.69, 9.17) is 20.1 Å². The smallest absolute Gasteiger partial charge is 0.157 e. The highest BCUT2D eigenvalue weighted by Gasteiger charge is 2.32. The summed E-state index contributed by atoms with van der Waals surface area (Å²) in [4.78, 5) is 0. The molecule has 1 aliphatic heterocycles. The van der Waals surface area contributed by atoms with Crippen LogP contribution in [0.4, 0.5) is 0 Å². The van der Waals surface area contributed by atoms with Gasteiger partial charge in [0, 0.05) is 6.42 Å². The lowest BCUT2D eigenvalue weighted by molar-refractivity contribution is -0.226. The first-order chi connectivity index (χ1) is 4.61. The van der Waals surface area contributed by atoms with Crippen molar-refractivity contribution in [2.24, 2.45) is 0 Å². The van der Waals surface area contributed by atoms with E-state index in [0.29, 0.717) is 0 Å². The average Bonchev–Trinajstić information content (AvgIpc) is 1.82. The molecule has 0 amide bonds. The van der Waals surface area contributed by atoms with Crippen molar-refractivity contribution in [2.75, 3.05) is 0 Å². The molecule has 0 aromatic rings. The van der Waals surface area contributed by atoms with E-state index in [1.165, 1.54) is 0 Å². The van der Waals surface area contributed by atoms with Crippen molar-refractivity contribution in [1.82, 2.24) is 0 Å². The summed E-state index contributed by atoms with van der Waals surface area (Å²) in [5.41, 5.74) is 0. The molecule has 60 valence electrons. The van der Waals surface area contributed by atoms with Crippen LogP contribution >= 0.6 is 0 Å². The van der Waals surface area contributed by atoms with Gasteiger partial charge in [-0.25, -0.2) is 0 Å². The van der Waals surface area contributed by atoms with Gasteiger partial charge in [0.1, 0.15) is 6.10 Å². The molecular formula is C6H12O4. The lowest BCUT2D eigenvalue weighted by atomic mass is 10.0. The van der Waals surface area contributed by atoms with Gasteiger partial charge >= 0.3 is 0 Å². The predicted octanol–water partition coefficient (Wildman–Crippen LogP) is -1.16. The van der Waals surface area contributed by atoms with Gasteiger partial charge in [-0.1, -0.05) is 0 Å². The minimum atomic E-state index is -0.937. The maximum absolute atomic E-state index is 9.08. The third kappa shape index (κ3) is 1.46. The third-order valence-electron chi connectivity index (χ3n) is 1.69. The maximum Gasteiger partial charge on any atom is 0.157 e. The molecule has 1 aliphatic rings. The Bertz CT molecular complexity index is 104. The molecule has 0 aromatic carbocycles. The molecule has 1 fully saturated rings. The normalized spacial score (nSPS) is 49.2. The monoisotopic (exact) mass is 148 g/mol. The SMILES string of the molecule is C[C@@H]1O[C@@H](O)C[C@@H](O)[C@@H]1O. The van der Waals surface area contributed by atoms with E-state index in [9.17, 15) is 0 Å². The molecule has 0 unspecified atom stereocenters. The van der Waals surface area contributed by atoms with Crippen LogP contribution in [0.2, 0.25) is 0 Å². The fourth-order valence-electron chi connectivity index (χ4n) is 1.04. The second-order valence-electron chi connectivity index (χ2n) is 2.59. The van der Waals surface area contributed by atoms with Gasteiger partial charge in [0.15, 0.2) is 6.29 Å². The summed E-state index contributed by atoms with van der Waals surface area (Å²) in [5, 5.41) is 27.0. The zero-order valence-electron chi connectivity index (χ0n) is 5.77. The standard InChI is InChI=1S/C6H12O4/c1-3-6(9)4(7)2-5(8)10-3/h3-9H,2H2,1H3/t3-,4+,5+,6+/m0/s1. The van der Waals surface area contributed by atoms with E-state index >= 15 is 0 Å². The molecule has 0 saturated carbocycles. The molecule has 0 aliphatic carbocycles. The molecule has 3 N–H and O–H groups in total. The highest BCUT2D eigenvalue weighted by molar-refractivity contribution is 4.78. The van der Waals surface area contributed by atoms with Crippen molar-refractivity contribution in [2.45, 2.75) is 37.9 Å². The van der Waals surface area contributed by atoms with Crippen molar-refractivity contribution in [3.8, 4) is 0 Å². The summed E-state index contributed by atoms with van der Waals surface area (Å²) in [5.74, 6) is 0. The molecule has 1 rings (SSSR count). The largest absolute Gasteiger partial charge is 0.390 e. The summed E-state index contributed by atoms with van der Waals surface area (Å²) < 4.78 is 4.81. The highest BCUT2D eigenvalue weighted by Crippen LogP contribution is 2.17. The first-order valence-electron chi connectivity index (χ1n) is 3.31. The van der Waals surface area contributed by atoms with E-state index < -0.39 is 24.6 Å². The number of hydrogen-bond donors (Lipinski definition) is 3. The lowest BCUT2D eigenvalue weighted by Gasteiger charge is -2.32. The Morgan fingerprint density at radius 1 is 1.30 bits per heavy atom. The van der Waals surface area contributed by atoms with Crippen LogP contribution in [0.1, 0.15) is 13.3 Å². The molecule has 4 atom stereocenters. The molecule has 0 radical (unpaired) electrons. The van der Waals surface area contributed by atoms with Gasteiger partial charge in [-0.3, -0.25) is 0 Å². The van der Waals surface area contributed by atoms with Gasteiger partial charge in [-0.15, -0.1) is 0 Å². The van der Waals surface area contributed by atoms with Crippen molar-refractivity contribution in [3.05, 3.63) is 0 Å². The topological polar surface area (TPSA) is 69.9 Å². The Hall–Kier alpha value is -0.160. The summed E-state index contributed by atoms with van der Waals surface area (Å²) in [7, 11) is 0. The van der Waals surface area contributed by atoms with Crippen LogP contribution in [0.25, 0.3) is 0 Å². The molecule has 1 saturated heterocycles. The van der Waals surface area contributed by atoms with Crippen LogP contribution in [-0.2, 0) is 4.74 Å². The van der Waals surface area contributed by atoms with Crippen LogP contribution in [0, 0.1) is 0 Å². The number of rotatable bonds is 0. The van der Waals surface area contributed by atoms with Gasteiger partial charge < -0.3 is 20.1 Å². The quantitative estimate of drug-likeness (QED) is 0.405. The zero-order chi connectivity index (χ0) is 7.72. The number of hydrogen-bond acceptors (Lipinski definition) is 4. The van der Waals surface area contributed by atoms with Gasteiger partial charge in [-0.05, 0) is 6.92 Å². The minimum absolute atomic E-state index is 0.0888. The Morgan fingerprint density at radius 2 is 1.90 bits per heavy atom. The van der Waals surface area contributed by atoms with Crippen molar-refractivity contribution in [3.63, 3.8) is 0 Å². The third-order valence-corrected chi connectivity index (χ3v) is 1.69. The molecular weight excluding hydrogens is 136 g/mol. The lowest BCUT2D eigenvalue weighted by Crippen LogP contribution is -2.46. The van der Waals surface area contributed by atoms with Crippen molar-refractivity contribution < 1.29 is 20.1 Å². The van der Waals surface area contributed by atoms with E-state index in [2.05, 4.69) is 0 Å². The fraction of sp³-hybridized carbons (Fsp3) is 1.00. The number of aliphatic hydroxyl groups is 3. The van der Waals surface area contributed by atoms with Crippen LogP contribution in [-0.4, -0.2) is 39.9 Å².